The van der Waals surface area contributed by atoms with E-state index in [0.29, 0.717) is 0 Å². The molecule has 2 nitrogen and oxygen atoms in total. The molecule has 0 unspecified atom stereocenters. The first-order valence-corrected chi connectivity index (χ1v) is 17.8. The van der Waals surface area contributed by atoms with Crippen LogP contribution in [0.15, 0.2) is 121 Å². The van der Waals surface area contributed by atoms with E-state index in [9.17, 15) is 0 Å². The molecule has 50 heavy (non-hydrogen) atoms. The maximum atomic E-state index is 5.21. The number of para-hydroxylation sites is 3. The topological polar surface area (TPSA) is 17.8 Å². The molecule has 1 aromatic heterocycles. The van der Waals surface area contributed by atoms with Gasteiger partial charge in [-0.05, 0) is 67.6 Å². The van der Waals surface area contributed by atoms with Crippen LogP contribution in [0.25, 0.3) is 71.6 Å². The lowest BCUT2D eigenvalue weighted by atomic mass is 9.42. The van der Waals surface area contributed by atoms with Gasteiger partial charge in [-0.2, -0.15) is 0 Å². The summed E-state index contributed by atoms with van der Waals surface area (Å²) in [4.78, 5) is 5.21. The van der Waals surface area contributed by atoms with Crippen LogP contribution in [0.4, 0.5) is 0 Å². The van der Waals surface area contributed by atoms with E-state index in [1.807, 2.05) is 0 Å². The van der Waals surface area contributed by atoms with Crippen LogP contribution in [0.5, 0.6) is 0 Å². The van der Waals surface area contributed by atoms with Crippen molar-refractivity contribution >= 4 is 123 Å². The number of hydrogen-bond acceptors (Lipinski definition) is 1. The first kappa shape index (κ1) is 32.3. The standard InChI is InChI=1S/C40H36B8N2/c41-34-33(35(42)37(44)38(45)36(34)43)26-16-6-5-15-25(26)31-21-11-1-3-13-23(21)32(24-14-4-2-12-22(24)31)27-17-7-9-19-29(27)50-30-20-10-8-18-28(30)49-39(50)40(46,47)48/h1-20H,41-48H2. The molecule has 0 spiro atoms. The van der Waals surface area contributed by atoms with Crippen molar-refractivity contribution < 1.29 is 0 Å². The highest BCUT2D eigenvalue weighted by Crippen LogP contribution is 2.47. The van der Waals surface area contributed by atoms with Gasteiger partial charge in [0.25, 0.3) is 0 Å². The molecule has 0 saturated heterocycles. The van der Waals surface area contributed by atoms with Crippen LogP contribution < -0.4 is 27.3 Å². The second-order valence-corrected chi connectivity index (χ2v) is 14.9. The van der Waals surface area contributed by atoms with E-state index in [1.165, 1.54) is 82.2 Å². The van der Waals surface area contributed by atoms with Crippen molar-refractivity contribution in [2.75, 3.05) is 0 Å². The Morgan fingerprint density at radius 2 is 0.820 bits per heavy atom. The smallest absolute Gasteiger partial charge is 0.139 e. The molecule has 10 heteroatoms. The molecule has 0 amide bonds. The van der Waals surface area contributed by atoms with Gasteiger partial charge in [0.05, 0.1) is 46.1 Å². The molecule has 0 atom stereocenters. The molecule has 7 aromatic carbocycles. The minimum Gasteiger partial charge on any atom is -0.297 e. The Morgan fingerprint density at radius 1 is 0.420 bits per heavy atom. The summed E-state index contributed by atoms with van der Waals surface area (Å²) < 4.78 is 2.39. The zero-order valence-electron chi connectivity index (χ0n) is 30.4. The summed E-state index contributed by atoms with van der Waals surface area (Å²) in [6, 6.07) is 44.5. The van der Waals surface area contributed by atoms with E-state index in [2.05, 4.69) is 189 Å². The predicted octanol–water partition coefficient (Wildman–Crippen LogP) is -1.37. The number of hydrogen-bond donors (Lipinski definition) is 0. The number of nitrogens with zero attached hydrogens (tertiary/aromatic N) is 2. The largest absolute Gasteiger partial charge is 0.297 e. The number of imidazole rings is 1. The van der Waals surface area contributed by atoms with Crippen LogP contribution >= 0.6 is 0 Å². The first-order chi connectivity index (χ1) is 24.1. The Kier molecular flexibility index (Phi) is 7.83. The van der Waals surface area contributed by atoms with Gasteiger partial charge < -0.3 is 0 Å². The maximum absolute atomic E-state index is 5.21. The van der Waals surface area contributed by atoms with Crippen LogP contribution in [-0.2, 0) is 5.11 Å². The molecule has 8 rings (SSSR count). The molecule has 230 valence electrons. The van der Waals surface area contributed by atoms with Crippen molar-refractivity contribution in [3.05, 3.63) is 127 Å². The van der Waals surface area contributed by atoms with Crippen LogP contribution in [0.3, 0.4) is 0 Å². The molecule has 0 aliphatic rings. The molecule has 8 aromatic rings. The second kappa shape index (κ2) is 12.1. The van der Waals surface area contributed by atoms with Crippen LogP contribution in [0, 0.1) is 0 Å². The molecule has 0 fully saturated rings. The summed E-state index contributed by atoms with van der Waals surface area (Å²) in [5, 5.41) is 4.84. The molecular formula is C40H36B8N2. The van der Waals surface area contributed by atoms with Gasteiger partial charge in [-0.1, -0.05) is 119 Å². The normalized spacial score (nSPS) is 11.8. The zero-order chi connectivity index (χ0) is 34.9. The van der Waals surface area contributed by atoms with Crippen molar-refractivity contribution in [2.24, 2.45) is 0 Å². The lowest BCUT2D eigenvalue weighted by molar-refractivity contribution is 0.931. The first-order valence-electron chi connectivity index (χ1n) is 17.8. The summed E-state index contributed by atoms with van der Waals surface area (Å²) in [7, 11) is 18.2. The average Bonchev–Trinajstić information content (AvgIpc) is 3.53. The maximum Gasteiger partial charge on any atom is 0.139 e. The summed E-state index contributed by atoms with van der Waals surface area (Å²) >= 11 is 0. The third kappa shape index (κ3) is 4.95. The van der Waals surface area contributed by atoms with E-state index in [1.54, 1.807) is 0 Å². The van der Waals surface area contributed by atoms with Gasteiger partial charge in [-0.15, -0.1) is 16.4 Å². The molecule has 1 heterocycles. The predicted molar refractivity (Wildman–Crippen MR) is 241 cm³/mol. The molecule has 0 radical (unpaired) electrons. The number of benzene rings is 7. The van der Waals surface area contributed by atoms with Gasteiger partial charge in [0.1, 0.15) is 39.2 Å². The highest BCUT2D eigenvalue weighted by Gasteiger charge is 2.27. The minimum absolute atomic E-state index is 0.160. The monoisotopic (exact) mass is 632 g/mol. The molecular weight excluding hydrogens is 595 g/mol. The van der Waals surface area contributed by atoms with Crippen molar-refractivity contribution in [1.82, 2.24) is 9.55 Å². The summed E-state index contributed by atoms with van der Waals surface area (Å²) in [6.07, 6.45) is 0. The SMILES string of the molecule is Bc1c(B)c(B)c(-c2ccccc2-c2c3ccccc3c(-c3ccccc3-n3c(C(B)(B)B)nc4ccccc43)c3ccccc23)c(B)c1B. The van der Waals surface area contributed by atoms with E-state index in [0.717, 1.165) is 22.5 Å². The van der Waals surface area contributed by atoms with Gasteiger partial charge in [0, 0.05) is 5.56 Å². The highest BCUT2D eigenvalue weighted by molar-refractivity contribution is 6.68. The van der Waals surface area contributed by atoms with E-state index in [4.69, 9.17) is 4.98 Å². The Balaban J connectivity index is 1.49. The van der Waals surface area contributed by atoms with Crippen molar-refractivity contribution in [2.45, 2.75) is 5.11 Å². The molecule has 0 saturated carbocycles. The molecule has 0 aliphatic carbocycles. The molecule has 0 N–H and O–H groups in total. The fourth-order valence-corrected chi connectivity index (χ4v) is 8.18. The number of fused-ring (bicyclic) bond motifs is 3. The number of rotatable bonds is 5. The summed E-state index contributed by atoms with van der Waals surface area (Å²) in [5.74, 6) is 1.06. The van der Waals surface area contributed by atoms with Crippen molar-refractivity contribution in [3.63, 3.8) is 0 Å². The van der Waals surface area contributed by atoms with Crippen molar-refractivity contribution in [3.8, 4) is 39.1 Å². The van der Waals surface area contributed by atoms with Gasteiger partial charge in [-0.25, -0.2) is 4.98 Å². The molecule has 0 aliphatic heterocycles. The van der Waals surface area contributed by atoms with E-state index >= 15 is 0 Å². The molecule has 0 bridgehead atoms. The number of aromatic nitrogens is 2. The fourth-order valence-electron chi connectivity index (χ4n) is 8.18. The Hall–Kier alpha value is -4.95. The van der Waals surface area contributed by atoms with Gasteiger partial charge in [-0.3, -0.25) is 4.57 Å². The quantitative estimate of drug-likeness (QED) is 0.170. The van der Waals surface area contributed by atoms with E-state index < -0.39 is 0 Å². The van der Waals surface area contributed by atoms with Crippen LogP contribution in [-0.4, -0.2) is 72.3 Å². The van der Waals surface area contributed by atoms with E-state index in [-0.39, 0.29) is 5.11 Å². The van der Waals surface area contributed by atoms with Crippen molar-refractivity contribution in [1.29, 1.82) is 0 Å². The summed E-state index contributed by atoms with van der Waals surface area (Å²) in [5.41, 5.74) is 17.8. The van der Waals surface area contributed by atoms with Crippen LogP contribution in [0.1, 0.15) is 5.82 Å². The Labute approximate surface area is 302 Å². The fraction of sp³-hybridized carbons (Fsp3) is 0.0250. The second-order valence-electron chi connectivity index (χ2n) is 14.9. The summed E-state index contributed by atoms with van der Waals surface area (Å²) in [6.45, 7) is 0. The van der Waals surface area contributed by atoms with Gasteiger partial charge in [0.15, 0.2) is 0 Å². The van der Waals surface area contributed by atoms with Gasteiger partial charge >= 0.3 is 0 Å². The van der Waals surface area contributed by atoms with Crippen LogP contribution in [0.2, 0.25) is 0 Å². The lowest BCUT2D eigenvalue weighted by Crippen LogP contribution is -2.55. The Bertz CT molecular complexity index is 2570. The average molecular weight is 631 g/mol. The van der Waals surface area contributed by atoms with Gasteiger partial charge in [0.2, 0.25) is 0 Å². The third-order valence-electron chi connectivity index (χ3n) is 11.0. The lowest BCUT2D eigenvalue weighted by Gasteiger charge is -2.25. The minimum atomic E-state index is -0.160. The third-order valence-corrected chi connectivity index (χ3v) is 11.0. The zero-order valence-corrected chi connectivity index (χ0v) is 30.4. The Morgan fingerprint density at radius 3 is 1.36 bits per heavy atom. The highest BCUT2D eigenvalue weighted by atomic mass is 15.1.